The van der Waals surface area contributed by atoms with Gasteiger partial charge in [0.25, 0.3) is 0 Å². The Morgan fingerprint density at radius 3 is 2.47 bits per heavy atom. The number of benzene rings is 2. The molecule has 2 rings (SSSR count). The van der Waals surface area contributed by atoms with Crippen LogP contribution in [0.25, 0.3) is 0 Å². The molecule has 2 aromatic carbocycles. The van der Waals surface area contributed by atoms with Crippen molar-refractivity contribution in [3.05, 3.63) is 65.7 Å². The third-order valence-electron chi connectivity index (χ3n) is 4.87. The highest BCUT2D eigenvalue weighted by Gasteiger charge is 2.27. The molecule has 0 amide bonds. The molecule has 5 heteroatoms. The van der Waals surface area contributed by atoms with E-state index in [-0.39, 0.29) is 18.5 Å². The summed E-state index contributed by atoms with van der Waals surface area (Å²) in [5.74, 6) is 0.654. The minimum atomic E-state index is -0.813. The summed E-state index contributed by atoms with van der Waals surface area (Å²) in [6, 6.07) is 18.3. The van der Waals surface area contributed by atoms with Crippen molar-refractivity contribution < 1.29 is 24.0 Å². The Balaban J connectivity index is 1.66. The summed E-state index contributed by atoms with van der Waals surface area (Å²) in [5, 5.41) is 0. The Hall–Kier alpha value is -2.21. The van der Waals surface area contributed by atoms with Gasteiger partial charge in [0, 0.05) is 13.7 Å². The Kier molecular flexibility index (Phi) is 10.0. The van der Waals surface area contributed by atoms with Crippen molar-refractivity contribution in [1.29, 1.82) is 0 Å². The van der Waals surface area contributed by atoms with Crippen LogP contribution >= 0.6 is 0 Å². The predicted molar refractivity (Wildman–Crippen MR) is 118 cm³/mol. The monoisotopic (exact) mass is 414 g/mol. The van der Waals surface area contributed by atoms with Crippen molar-refractivity contribution >= 4 is 5.78 Å². The van der Waals surface area contributed by atoms with E-state index >= 15 is 0 Å². The molecule has 0 saturated heterocycles. The van der Waals surface area contributed by atoms with Crippen molar-refractivity contribution in [2.75, 3.05) is 20.3 Å². The second-order valence-corrected chi connectivity index (χ2v) is 8.01. The van der Waals surface area contributed by atoms with Crippen LogP contribution < -0.4 is 4.89 Å². The quantitative estimate of drug-likeness (QED) is 0.243. The van der Waals surface area contributed by atoms with Gasteiger partial charge in [0.1, 0.15) is 18.3 Å². The third kappa shape index (κ3) is 8.66. The molecule has 2 aromatic rings. The van der Waals surface area contributed by atoms with Gasteiger partial charge in [-0.1, -0.05) is 42.5 Å². The number of rotatable bonds is 14. The molecule has 5 nitrogen and oxygen atoms in total. The molecular formula is C25H34O5. The summed E-state index contributed by atoms with van der Waals surface area (Å²) < 4.78 is 10.6. The molecule has 0 aliphatic rings. The van der Waals surface area contributed by atoms with Gasteiger partial charge in [-0.3, -0.25) is 4.79 Å². The number of hydrogen-bond donors (Lipinski definition) is 0. The Bertz CT molecular complexity index is 757. The van der Waals surface area contributed by atoms with Crippen molar-refractivity contribution in [1.82, 2.24) is 0 Å². The molecule has 164 valence electrons. The van der Waals surface area contributed by atoms with Crippen LogP contribution in [0.2, 0.25) is 0 Å². The van der Waals surface area contributed by atoms with Crippen molar-refractivity contribution in [3.8, 4) is 5.75 Å². The zero-order valence-corrected chi connectivity index (χ0v) is 18.6. The number of carbonyl (C=O) groups excluding carboxylic acids is 1. The van der Waals surface area contributed by atoms with Gasteiger partial charge in [-0.15, -0.1) is 0 Å². The first-order chi connectivity index (χ1) is 14.4. The van der Waals surface area contributed by atoms with E-state index in [1.54, 1.807) is 13.8 Å². The van der Waals surface area contributed by atoms with Crippen LogP contribution in [0.1, 0.15) is 51.2 Å². The van der Waals surface area contributed by atoms with Gasteiger partial charge in [0.15, 0.2) is 11.5 Å². The van der Waals surface area contributed by atoms with Crippen LogP contribution in [0, 0.1) is 0 Å². The van der Waals surface area contributed by atoms with Crippen molar-refractivity contribution in [2.24, 2.45) is 0 Å². The lowest BCUT2D eigenvalue weighted by Crippen LogP contribution is -2.38. The van der Waals surface area contributed by atoms with Crippen molar-refractivity contribution in [2.45, 2.75) is 58.2 Å². The zero-order valence-electron chi connectivity index (χ0n) is 18.6. The topological polar surface area (TPSA) is 54.0 Å². The molecule has 1 atom stereocenters. The summed E-state index contributed by atoms with van der Waals surface area (Å²) in [6.07, 6.45) is 3.44. The van der Waals surface area contributed by atoms with Gasteiger partial charge < -0.3 is 14.4 Å². The summed E-state index contributed by atoms with van der Waals surface area (Å²) in [7, 11) is 1.51. The van der Waals surface area contributed by atoms with E-state index in [1.807, 2.05) is 43.3 Å². The number of carbonyl (C=O) groups is 1. The van der Waals surface area contributed by atoms with Gasteiger partial charge in [0.2, 0.25) is 0 Å². The van der Waals surface area contributed by atoms with Gasteiger partial charge in [-0.25, -0.2) is 0 Å². The summed E-state index contributed by atoms with van der Waals surface area (Å²) in [6.45, 7) is 6.14. The highest BCUT2D eigenvalue weighted by Crippen LogP contribution is 2.18. The average molecular weight is 415 g/mol. The zero-order chi connectivity index (χ0) is 21.8. The second kappa shape index (κ2) is 12.5. The fourth-order valence-electron chi connectivity index (χ4n) is 2.97. The smallest absolute Gasteiger partial charge is 0.189 e. The number of methoxy groups -OCH3 is 1. The highest BCUT2D eigenvalue weighted by molar-refractivity contribution is 5.87. The number of ether oxygens (including phenoxy) is 2. The van der Waals surface area contributed by atoms with Gasteiger partial charge in [-0.2, -0.15) is 4.89 Å². The first kappa shape index (κ1) is 24.1. The molecule has 0 fully saturated rings. The first-order valence-corrected chi connectivity index (χ1v) is 10.5. The normalized spacial score (nSPS) is 12.5. The van der Waals surface area contributed by atoms with Gasteiger partial charge in [-0.05, 0) is 69.7 Å². The molecule has 0 aliphatic carbocycles. The maximum absolute atomic E-state index is 11.9. The fraction of sp³-hybridized carbons (Fsp3) is 0.480. The molecule has 30 heavy (non-hydrogen) atoms. The first-order valence-electron chi connectivity index (χ1n) is 10.5. The standard InChI is InChI=1S/C25H34O5/c1-20(11-8-9-16-28-25(2,3)24(26)19-27-4)29-30-23-15-10-14-22(18-23)17-21-12-6-5-7-13-21/h5-7,10,12-15,18,20H,8-9,11,16-17,19H2,1-4H3. The lowest BCUT2D eigenvalue weighted by atomic mass is 10.0. The number of ketones is 1. The number of unbranched alkanes of at least 4 members (excludes halogenated alkanes) is 1. The summed E-state index contributed by atoms with van der Waals surface area (Å²) >= 11 is 0. The SMILES string of the molecule is COCC(=O)C(C)(C)OCCCCC(C)OOc1cccc(Cc2ccccc2)c1. The van der Waals surface area contributed by atoms with Crippen LogP contribution in [-0.4, -0.2) is 37.8 Å². The van der Waals surface area contributed by atoms with Crippen LogP contribution in [0.5, 0.6) is 5.75 Å². The molecule has 0 saturated carbocycles. The van der Waals surface area contributed by atoms with E-state index in [0.717, 1.165) is 25.7 Å². The molecule has 0 heterocycles. The second-order valence-electron chi connectivity index (χ2n) is 8.01. The molecule has 0 aromatic heterocycles. The van der Waals surface area contributed by atoms with E-state index in [0.29, 0.717) is 12.4 Å². The molecule has 0 N–H and O–H groups in total. The molecule has 0 aliphatic heterocycles. The van der Waals surface area contributed by atoms with E-state index in [1.165, 1.54) is 18.2 Å². The maximum Gasteiger partial charge on any atom is 0.189 e. The van der Waals surface area contributed by atoms with Crippen LogP contribution in [0.15, 0.2) is 54.6 Å². The molecule has 0 bridgehead atoms. The van der Waals surface area contributed by atoms with Crippen LogP contribution in [0.4, 0.5) is 0 Å². The highest BCUT2D eigenvalue weighted by atomic mass is 17.2. The number of hydrogen-bond acceptors (Lipinski definition) is 5. The summed E-state index contributed by atoms with van der Waals surface area (Å²) in [5.41, 5.74) is 1.63. The molecular weight excluding hydrogens is 380 g/mol. The van der Waals surface area contributed by atoms with Gasteiger partial charge in [0.05, 0.1) is 0 Å². The molecule has 0 radical (unpaired) electrons. The van der Waals surface area contributed by atoms with Gasteiger partial charge >= 0.3 is 0 Å². The lowest BCUT2D eigenvalue weighted by molar-refractivity contribution is -0.241. The Morgan fingerprint density at radius 1 is 1.00 bits per heavy atom. The minimum absolute atomic E-state index is 0.0362. The van der Waals surface area contributed by atoms with Crippen molar-refractivity contribution in [3.63, 3.8) is 0 Å². The molecule has 0 spiro atoms. The van der Waals surface area contributed by atoms with E-state index < -0.39 is 5.60 Å². The van der Waals surface area contributed by atoms with E-state index in [9.17, 15) is 4.79 Å². The Morgan fingerprint density at radius 2 is 1.73 bits per heavy atom. The van der Waals surface area contributed by atoms with Crippen LogP contribution in [0.3, 0.4) is 0 Å². The fourth-order valence-corrected chi connectivity index (χ4v) is 2.97. The third-order valence-corrected chi connectivity index (χ3v) is 4.87. The van der Waals surface area contributed by atoms with E-state index in [2.05, 4.69) is 18.2 Å². The average Bonchev–Trinajstić information content (AvgIpc) is 2.73. The molecule has 1 unspecified atom stereocenters. The Labute approximate surface area is 180 Å². The summed E-state index contributed by atoms with van der Waals surface area (Å²) in [4.78, 5) is 23.0. The number of Topliss-reactive ketones (excluding diaryl/α,β-unsaturated/α-hetero) is 1. The predicted octanol–water partition coefficient (Wildman–Crippen LogP) is 5.16. The van der Waals surface area contributed by atoms with E-state index in [4.69, 9.17) is 19.2 Å². The van der Waals surface area contributed by atoms with Crippen LogP contribution in [-0.2, 0) is 25.6 Å². The largest absolute Gasteiger partial charge is 0.377 e. The minimum Gasteiger partial charge on any atom is -0.377 e. The lowest BCUT2D eigenvalue weighted by Gasteiger charge is -2.23. The maximum atomic E-state index is 11.9.